The maximum absolute atomic E-state index is 10.3. The third-order valence-electron chi connectivity index (χ3n) is 1.87. The second-order valence-corrected chi connectivity index (χ2v) is 4.11. The van der Waals surface area contributed by atoms with E-state index in [1.54, 1.807) is 0 Å². The number of carboxylic acid groups (broad SMARTS) is 1. The van der Waals surface area contributed by atoms with Gasteiger partial charge in [-0.3, -0.25) is 4.79 Å². The van der Waals surface area contributed by atoms with Crippen molar-refractivity contribution in [1.82, 2.24) is 0 Å². The first-order chi connectivity index (χ1) is 7.22. The summed E-state index contributed by atoms with van der Waals surface area (Å²) in [5.41, 5.74) is 1.01. The first kappa shape index (κ1) is 11.8. The maximum Gasteiger partial charge on any atom is 0.303 e. The van der Waals surface area contributed by atoms with E-state index in [-0.39, 0.29) is 6.42 Å². The Kier molecular flexibility index (Phi) is 4.90. The molecule has 1 N–H and O–H groups in total. The zero-order chi connectivity index (χ0) is 11.1. The lowest BCUT2D eigenvalue weighted by Crippen LogP contribution is -1.97. The lowest BCUT2D eigenvalue weighted by Gasteiger charge is -2.00. The molecule has 0 fully saturated rings. The van der Waals surface area contributed by atoms with Gasteiger partial charge in [-0.05, 0) is 24.1 Å². The zero-order valence-corrected chi connectivity index (χ0v) is 9.00. The number of carboxylic acids is 1. The fourth-order valence-corrected chi connectivity index (χ4v) is 1.72. The van der Waals surface area contributed by atoms with Gasteiger partial charge >= 0.3 is 5.97 Å². The minimum Gasteiger partial charge on any atom is -0.481 e. The fourth-order valence-electron chi connectivity index (χ4n) is 1.13. The molecule has 1 aromatic carbocycles. The summed E-state index contributed by atoms with van der Waals surface area (Å²) in [4.78, 5) is 21.5. The van der Waals surface area contributed by atoms with E-state index < -0.39 is 5.97 Å². The Morgan fingerprint density at radius 2 is 2.00 bits per heavy atom. The molecule has 0 saturated carbocycles. The van der Waals surface area contributed by atoms with Gasteiger partial charge in [0.25, 0.3) is 0 Å². The highest BCUT2D eigenvalue weighted by molar-refractivity contribution is 7.99. The Hall–Kier alpha value is -1.29. The molecule has 0 aliphatic carbocycles. The average molecular weight is 224 g/mol. The Morgan fingerprint density at radius 1 is 1.33 bits per heavy atom. The summed E-state index contributed by atoms with van der Waals surface area (Å²) < 4.78 is 0. The molecule has 0 aliphatic rings. The van der Waals surface area contributed by atoms with E-state index in [9.17, 15) is 9.59 Å². The zero-order valence-electron chi connectivity index (χ0n) is 8.18. The van der Waals surface area contributed by atoms with Crippen LogP contribution >= 0.6 is 11.8 Å². The first-order valence-corrected chi connectivity index (χ1v) is 5.58. The summed E-state index contributed by atoms with van der Waals surface area (Å²) >= 11 is 1.47. The predicted octanol–water partition coefficient (Wildman–Crippen LogP) is 1.99. The van der Waals surface area contributed by atoms with Crippen LogP contribution in [0.25, 0.3) is 0 Å². The smallest absolute Gasteiger partial charge is 0.303 e. The molecule has 1 aromatic rings. The van der Waals surface area contributed by atoms with Crippen LogP contribution < -0.4 is 0 Å². The average Bonchev–Trinajstić information content (AvgIpc) is 2.25. The van der Waals surface area contributed by atoms with Gasteiger partial charge in [0.2, 0.25) is 0 Å². The molecular formula is C11H12O3S. The van der Waals surface area contributed by atoms with Gasteiger partial charge < -0.3 is 9.90 Å². The topological polar surface area (TPSA) is 54.4 Å². The van der Waals surface area contributed by atoms with Crippen molar-refractivity contribution in [3.05, 3.63) is 29.8 Å². The summed E-state index contributed by atoms with van der Waals surface area (Å²) in [7, 11) is 0. The molecule has 0 heterocycles. The number of benzene rings is 1. The monoisotopic (exact) mass is 224 g/mol. The van der Waals surface area contributed by atoms with Crippen LogP contribution in [0.1, 0.15) is 12.0 Å². The molecule has 0 amide bonds. The van der Waals surface area contributed by atoms with E-state index in [2.05, 4.69) is 0 Å². The fraction of sp³-hybridized carbons (Fsp3) is 0.273. The van der Waals surface area contributed by atoms with Crippen molar-refractivity contribution in [2.75, 3.05) is 5.75 Å². The highest BCUT2D eigenvalue weighted by atomic mass is 32.2. The number of aryl methyl sites for hydroxylation is 1. The van der Waals surface area contributed by atoms with Crippen molar-refractivity contribution in [2.24, 2.45) is 0 Å². The Bertz CT molecular complexity index is 332. The van der Waals surface area contributed by atoms with Gasteiger partial charge in [-0.1, -0.05) is 12.1 Å². The standard InChI is InChI=1S/C11H12O3S/c12-7-8-15-10-4-1-9(2-5-10)3-6-11(13)14/h1-2,4-5,7H,3,6,8H2,(H,13,14). The summed E-state index contributed by atoms with van der Waals surface area (Å²) in [6, 6.07) is 7.61. The predicted molar refractivity (Wildman–Crippen MR) is 59.2 cm³/mol. The van der Waals surface area contributed by atoms with Crippen LogP contribution in [0.4, 0.5) is 0 Å². The highest BCUT2D eigenvalue weighted by Crippen LogP contribution is 2.17. The third-order valence-corrected chi connectivity index (χ3v) is 2.78. The van der Waals surface area contributed by atoms with Crippen molar-refractivity contribution < 1.29 is 14.7 Å². The van der Waals surface area contributed by atoms with Crippen LogP contribution in [0, 0.1) is 0 Å². The van der Waals surface area contributed by atoms with Gasteiger partial charge in [0.05, 0.1) is 5.75 Å². The molecule has 15 heavy (non-hydrogen) atoms. The Balaban J connectivity index is 2.48. The molecular weight excluding hydrogens is 212 g/mol. The van der Waals surface area contributed by atoms with Crippen LogP contribution in [-0.4, -0.2) is 23.1 Å². The molecule has 0 aliphatic heterocycles. The second kappa shape index (κ2) is 6.24. The van der Waals surface area contributed by atoms with Crippen molar-refractivity contribution >= 4 is 24.0 Å². The third kappa shape index (κ3) is 4.65. The lowest BCUT2D eigenvalue weighted by atomic mass is 10.1. The molecule has 1 rings (SSSR count). The number of aliphatic carboxylic acids is 1. The number of aldehydes is 1. The number of carbonyl (C=O) groups is 2. The maximum atomic E-state index is 10.3. The molecule has 0 bridgehead atoms. The molecule has 0 unspecified atom stereocenters. The summed E-state index contributed by atoms with van der Waals surface area (Å²) in [5.74, 6) is -0.330. The highest BCUT2D eigenvalue weighted by Gasteiger charge is 1.99. The molecule has 0 spiro atoms. The molecule has 80 valence electrons. The molecule has 4 heteroatoms. The molecule has 0 saturated heterocycles. The van der Waals surface area contributed by atoms with Gasteiger partial charge in [-0.25, -0.2) is 0 Å². The van der Waals surface area contributed by atoms with Gasteiger partial charge in [0.15, 0.2) is 0 Å². The Morgan fingerprint density at radius 3 is 2.53 bits per heavy atom. The van der Waals surface area contributed by atoms with Gasteiger partial charge in [-0.2, -0.15) is 0 Å². The number of hydrogen-bond acceptors (Lipinski definition) is 3. The molecule has 0 radical (unpaired) electrons. The number of rotatable bonds is 6. The minimum absolute atomic E-state index is 0.154. The van der Waals surface area contributed by atoms with E-state index in [1.165, 1.54) is 11.8 Å². The lowest BCUT2D eigenvalue weighted by molar-refractivity contribution is -0.136. The van der Waals surface area contributed by atoms with Gasteiger partial charge in [0.1, 0.15) is 6.29 Å². The molecule has 0 atom stereocenters. The van der Waals surface area contributed by atoms with Crippen LogP contribution in [0.15, 0.2) is 29.2 Å². The van der Waals surface area contributed by atoms with E-state index in [0.717, 1.165) is 16.7 Å². The van der Waals surface area contributed by atoms with Crippen molar-refractivity contribution in [2.45, 2.75) is 17.7 Å². The Labute approximate surface area is 92.5 Å². The summed E-state index contributed by atoms with van der Waals surface area (Å²) in [6.07, 6.45) is 1.57. The number of carbonyl (C=O) groups excluding carboxylic acids is 1. The van der Waals surface area contributed by atoms with Crippen molar-refractivity contribution in [1.29, 1.82) is 0 Å². The summed E-state index contributed by atoms with van der Waals surface area (Å²) in [5, 5.41) is 8.50. The van der Waals surface area contributed by atoms with Crippen LogP contribution in [-0.2, 0) is 16.0 Å². The van der Waals surface area contributed by atoms with Gasteiger partial charge in [0, 0.05) is 11.3 Å². The normalized spacial score (nSPS) is 9.87. The quantitative estimate of drug-likeness (QED) is 0.593. The first-order valence-electron chi connectivity index (χ1n) is 4.59. The second-order valence-electron chi connectivity index (χ2n) is 3.02. The largest absolute Gasteiger partial charge is 0.481 e. The molecule has 0 aromatic heterocycles. The van der Waals surface area contributed by atoms with E-state index in [0.29, 0.717) is 12.2 Å². The van der Waals surface area contributed by atoms with Gasteiger partial charge in [-0.15, -0.1) is 11.8 Å². The van der Waals surface area contributed by atoms with E-state index in [4.69, 9.17) is 5.11 Å². The minimum atomic E-state index is -0.783. The molecule has 3 nitrogen and oxygen atoms in total. The van der Waals surface area contributed by atoms with Crippen LogP contribution in [0.3, 0.4) is 0 Å². The van der Waals surface area contributed by atoms with Crippen molar-refractivity contribution in [3.8, 4) is 0 Å². The number of thioether (sulfide) groups is 1. The van der Waals surface area contributed by atoms with Crippen molar-refractivity contribution in [3.63, 3.8) is 0 Å². The van der Waals surface area contributed by atoms with Crippen LogP contribution in [0.5, 0.6) is 0 Å². The van der Waals surface area contributed by atoms with E-state index >= 15 is 0 Å². The SMILES string of the molecule is O=CCSc1ccc(CCC(=O)O)cc1. The summed E-state index contributed by atoms with van der Waals surface area (Å²) in [6.45, 7) is 0. The van der Waals surface area contributed by atoms with Crippen LogP contribution in [0.2, 0.25) is 0 Å². The van der Waals surface area contributed by atoms with E-state index in [1.807, 2.05) is 24.3 Å². The number of hydrogen-bond donors (Lipinski definition) is 1.